The number of piperidine rings is 1. The smallest absolute Gasteiger partial charge is 0.143 e. The summed E-state index contributed by atoms with van der Waals surface area (Å²) < 4.78 is 0. The van der Waals surface area contributed by atoms with Crippen molar-refractivity contribution in [3.8, 4) is 0 Å². The van der Waals surface area contributed by atoms with Crippen LogP contribution in [0.25, 0.3) is 11.0 Å². The largest absolute Gasteiger partial charge is 0.356 e. The zero-order valence-electron chi connectivity index (χ0n) is 11.2. The van der Waals surface area contributed by atoms with Gasteiger partial charge in [-0.15, -0.1) is 0 Å². The summed E-state index contributed by atoms with van der Waals surface area (Å²) in [6.45, 7) is 6.55. The minimum Gasteiger partial charge on any atom is -0.356 e. The number of H-pyrrole nitrogens is 1. The Morgan fingerprint density at radius 3 is 3.11 bits per heavy atom. The molecule has 100 valence electrons. The molecule has 0 saturated carbocycles. The second kappa shape index (κ2) is 4.20. The van der Waals surface area contributed by atoms with Gasteiger partial charge in [0.2, 0.25) is 0 Å². The molecular weight excluding hydrogens is 238 g/mol. The molecular formula is C14H19N5. The normalized spacial score (nSPS) is 26.9. The van der Waals surface area contributed by atoms with Gasteiger partial charge in [0, 0.05) is 19.3 Å². The van der Waals surface area contributed by atoms with Crippen molar-refractivity contribution in [3.63, 3.8) is 0 Å². The molecule has 2 aromatic rings. The Morgan fingerprint density at radius 2 is 2.16 bits per heavy atom. The number of hydrogen-bond donors (Lipinski definition) is 2. The molecule has 5 heteroatoms. The van der Waals surface area contributed by atoms with Crippen molar-refractivity contribution in [3.05, 3.63) is 18.1 Å². The summed E-state index contributed by atoms with van der Waals surface area (Å²) >= 11 is 0. The third-order valence-electron chi connectivity index (χ3n) is 4.51. The number of anilines is 1. The molecule has 0 amide bonds. The average Bonchev–Trinajstić information content (AvgIpc) is 3.04. The zero-order valence-corrected chi connectivity index (χ0v) is 11.2. The Morgan fingerprint density at radius 1 is 1.26 bits per heavy atom. The van der Waals surface area contributed by atoms with Gasteiger partial charge in [-0.2, -0.15) is 0 Å². The Bertz CT molecular complexity index is 605. The molecule has 2 saturated heterocycles. The first-order chi connectivity index (χ1) is 9.31. The fourth-order valence-electron chi connectivity index (χ4n) is 3.50. The van der Waals surface area contributed by atoms with Crippen LogP contribution in [-0.4, -0.2) is 41.1 Å². The Kier molecular flexibility index (Phi) is 2.48. The maximum Gasteiger partial charge on any atom is 0.143 e. The monoisotopic (exact) mass is 257 g/mol. The highest BCUT2D eigenvalue weighted by molar-refractivity contribution is 5.87. The van der Waals surface area contributed by atoms with Crippen molar-refractivity contribution < 1.29 is 0 Å². The molecule has 0 aliphatic carbocycles. The summed E-state index contributed by atoms with van der Waals surface area (Å²) in [4.78, 5) is 14.8. The van der Waals surface area contributed by atoms with Crippen LogP contribution in [0.1, 0.15) is 12.2 Å². The van der Waals surface area contributed by atoms with Gasteiger partial charge in [-0.3, -0.25) is 0 Å². The SMILES string of the molecule is Cc1nc(N2CCC3CNCC3C2)c2cc[nH]c2n1. The van der Waals surface area contributed by atoms with Gasteiger partial charge in [0.15, 0.2) is 0 Å². The molecule has 19 heavy (non-hydrogen) atoms. The molecule has 2 aliphatic rings. The average molecular weight is 257 g/mol. The highest BCUT2D eigenvalue weighted by atomic mass is 15.2. The lowest BCUT2D eigenvalue weighted by atomic mass is 9.88. The van der Waals surface area contributed by atoms with Crippen LogP contribution in [-0.2, 0) is 0 Å². The molecule has 2 fully saturated rings. The van der Waals surface area contributed by atoms with Crippen LogP contribution in [0.5, 0.6) is 0 Å². The molecule has 0 aromatic carbocycles. The van der Waals surface area contributed by atoms with Crippen LogP contribution in [0.15, 0.2) is 12.3 Å². The number of nitrogens with zero attached hydrogens (tertiary/aromatic N) is 3. The maximum atomic E-state index is 4.69. The number of hydrogen-bond acceptors (Lipinski definition) is 4. The van der Waals surface area contributed by atoms with Gasteiger partial charge in [0.05, 0.1) is 5.39 Å². The van der Waals surface area contributed by atoms with Crippen LogP contribution in [0, 0.1) is 18.8 Å². The lowest BCUT2D eigenvalue weighted by Gasteiger charge is -2.35. The number of fused-ring (bicyclic) bond motifs is 2. The molecule has 2 N–H and O–H groups in total. The van der Waals surface area contributed by atoms with Gasteiger partial charge < -0.3 is 15.2 Å². The Hall–Kier alpha value is -1.62. The minimum absolute atomic E-state index is 0.776. The number of nitrogens with one attached hydrogen (secondary N) is 2. The number of aryl methyl sites for hydroxylation is 1. The fraction of sp³-hybridized carbons (Fsp3) is 0.571. The van der Waals surface area contributed by atoms with E-state index in [1.165, 1.54) is 13.0 Å². The lowest BCUT2D eigenvalue weighted by molar-refractivity contribution is 0.348. The van der Waals surface area contributed by atoms with E-state index in [2.05, 4.69) is 31.2 Å². The Balaban J connectivity index is 1.72. The maximum absolute atomic E-state index is 4.69. The molecule has 4 heterocycles. The van der Waals surface area contributed by atoms with E-state index in [-0.39, 0.29) is 0 Å². The van der Waals surface area contributed by atoms with E-state index in [1.807, 2.05) is 13.1 Å². The summed E-state index contributed by atoms with van der Waals surface area (Å²) in [6.07, 6.45) is 3.22. The Labute approximate surface area is 112 Å². The van der Waals surface area contributed by atoms with Crippen molar-refractivity contribution >= 4 is 16.9 Å². The summed E-state index contributed by atoms with van der Waals surface area (Å²) in [5.74, 6) is 3.59. The highest BCUT2D eigenvalue weighted by Crippen LogP contribution is 2.31. The standard InChI is InChI=1S/C14H19N5/c1-9-17-13-12(2-4-16-13)14(18-9)19-5-3-10-6-15-7-11(10)8-19/h2,4,10-11,15H,3,5-8H2,1H3,(H,16,17,18). The molecule has 2 aliphatic heterocycles. The van der Waals surface area contributed by atoms with E-state index in [0.29, 0.717) is 0 Å². The van der Waals surface area contributed by atoms with Crippen LogP contribution in [0.2, 0.25) is 0 Å². The predicted molar refractivity (Wildman–Crippen MR) is 75.3 cm³/mol. The van der Waals surface area contributed by atoms with E-state index in [1.54, 1.807) is 0 Å². The molecule has 2 unspecified atom stereocenters. The predicted octanol–water partition coefficient (Wildman–Crippen LogP) is 1.31. The molecule has 0 spiro atoms. The first kappa shape index (κ1) is 11.2. The molecule has 4 rings (SSSR count). The van der Waals surface area contributed by atoms with Gasteiger partial charge in [0.1, 0.15) is 17.3 Å². The van der Waals surface area contributed by atoms with Crippen LogP contribution in [0.4, 0.5) is 5.82 Å². The van der Waals surface area contributed by atoms with Crippen molar-refractivity contribution in [2.45, 2.75) is 13.3 Å². The lowest BCUT2D eigenvalue weighted by Crippen LogP contribution is -2.40. The minimum atomic E-state index is 0.776. The number of aromatic nitrogens is 3. The van der Waals surface area contributed by atoms with Crippen LogP contribution < -0.4 is 10.2 Å². The summed E-state index contributed by atoms with van der Waals surface area (Å²) in [5, 5.41) is 4.66. The molecule has 2 aromatic heterocycles. The van der Waals surface area contributed by atoms with E-state index < -0.39 is 0 Å². The summed E-state index contributed by atoms with van der Waals surface area (Å²) in [7, 11) is 0. The number of rotatable bonds is 1. The van der Waals surface area contributed by atoms with Crippen molar-refractivity contribution in [1.82, 2.24) is 20.3 Å². The number of aromatic amines is 1. The molecule has 0 bridgehead atoms. The summed E-state index contributed by atoms with van der Waals surface area (Å²) in [5.41, 5.74) is 0.953. The zero-order chi connectivity index (χ0) is 12.8. The van der Waals surface area contributed by atoms with Crippen molar-refractivity contribution in [2.24, 2.45) is 11.8 Å². The van der Waals surface area contributed by atoms with Gasteiger partial charge in [-0.05, 0) is 44.3 Å². The van der Waals surface area contributed by atoms with E-state index >= 15 is 0 Å². The van der Waals surface area contributed by atoms with Crippen LogP contribution >= 0.6 is 0 Å². The summed E-state index contributed by atoms with van der Waals surface area (Å²) in [6, 6.07) is 2.09. The van der Waals surface area contributed by atoms with Gasteiger partial charge in [-0.1, -0.05) is 0 Å². The second-order valence-corrected chi connectivity index (χ2v) is 5.75. The third-order valence-corrected chi connectivity index (χ3v) is 4.51. The fourth-order valence-corrected chi connectivity index (χ4v) is 3.50. The third kappa shape index (κ3) is 1.80. The molecule has 5 nitrogen and oxygen atoms in total. The van der Waals surface area contributed by atoms with E-state index in [9.17, 15) is 0 Å². The van der Waals surface area contributed by atoms with E-state index in [4.69, 9.17) is 0 Å². The van der Waals surface area contributed by atoms with Gasteiger partial charge in [0.25, 0.3) is 0 Å². The topological polar surface area (TPSA) is 56.8 Å². The van der Waals surface area contributed by atoms with E-state index in [0.717, 1.165) is 54.1 Å². The molecule has 0 radical (unpaired) electrons. The van der Waals surface area contributed by atoms with Gasteiger partial charge >= 0.3 is 0 Å². The van der Waals surface area contributed by atoms with Crippen molar-refractivity contribution in [1.29, 1.82) is 0 Å². The van der Waals surface area contributed by atoms with Crippen molar-refractivity contribution in [2.75, 3.05) is 31.1 Å². The van der Waals surface area contributed by atoms with Crippen LogP contribution in [0.3, 0.4) is 0 Å². The first-order valence-corrected chi connectivity index (χ1v) is 7.08. The molecule has 2 atom stereocenters. The van der Waals surface area contributed by atoms with Gasteiger partial charge in [-0.25, -0.2) is 9.97 Å². The first-order valence-electron chi connectivity index (χ1n) is 7.08. The quantitative estimate of drug-likeness (QED) is 0.809. The second-order valence-electron chi connectivity index (χ2n) is 5.75. The highest BCUT2D eigenvalue weighted by Gasteiger charge is 2.33.